The van der Waals surface area contributed by atoms with E-state index in [1.807, 2.05) is 24.3 Å². The fraction of sp³-hybridized carbons (Fsp3) is 0.483. The molecule has 8 heteroatoms. The number of rotatable bonds is 10. The molecule has 0 bridgehead atoms. The van der Waals surface area contributed by atoms with Gasteiger partial charge in [0.15, 0.2) is 5.78 Å². The van der Waals surface area contributed by atoms with Gasteiger partial charge in [0.25, 0.3) is 0 Å². The highest BCUT2D eigenvalue weighted by atomic mass is 19.1. The van der Waals surface area contributed by atoms with Crippen LogP contribution in [-0.4, -0.2) is 50.1 Å². The summed E-state index contributed by atoms with van der Waals surface area (Å²) in [6, 6.07) is 12.3. The third kappa shape index (κ3) is 6.95. The molecule has 2 saturated heterocycles. The minimum atomic E-state index is -0.551. The molecule has 7 nitrogen and oxygen atoms in total. The number of benzene rings is 2. The molecule has 198 valence electrons. The van der Waals surface area contributed by atoms with Crippen LogP contribution in [0.25, 0.3) is 0 Å². The van der Waals surface area contributed by atoms with E-state index in [1.54, 1.807) is 12.1 Å². The highest BCUT2D eigenvalue weighted by Crippen LogP contribution is 2.36. The Labute approximate surface area is 217 Å². The van der Waals surface area contributed by atoms with Crippen LogP contribution in [0.5, 0.6) is 0 Å². The molecule has 2 aliphatic rings. The molecule has 37 heavy (non-hydrogen) atoms. The number of amides is 2. The number of carbonyl (C=O) groups excluding carboxylic acids is 3. The Morgan fingerprint density at radius 1 is 1.11 bits per heavy atom. The highest BCUT2D eigenvalue weighted by molar-refractivity contribution is 5.98. The predicted molar refractivity (Wildman–Crippen MR) is 140 cm³/mol. The van der Waals surface area contributed by atoms with Crippen LogP contribution >= 0.6 is 0 Å². The summed E-state index contributed by atoms with van der Waals surface area (Å²) in [4.78, 5) is 39.0. The standard InChI is InChI=1S/C29H36FN3O4/c1-19(2)16-20-6-8-21(9-7-20)26(34)10-11-27(35)32-17-23-18-33(29(36)37-23)25-5-3-4-24(30)28(25)22-12-14-31-15-13-22/h3-9,19,22-23,31H,10-18H2,1-2H3,(H,32,35). The molecule has 2 aromatic rings. The van der Waals surface area contributed by atoms with Gasteiger partial charge in [-0.3, -0.25) is 14.5 Å². The second-order valence-electron chi connectivity index (χ2n) is 10.3. The molecule has 0 saturated carbocycles. The van der Waals surface area contributed by atoms with Crippen molar-refractivity contribution in [3.63, 3.8) is 0 Å². The molecule has 0 spiro atoms. The monoisotopic (exact) mass is 509 g/mol. The van der Waals surface area contributed by atoms with E-state index in [2.05, 4.69) is 24.5 Å². The maximum absolute atomic E-state index is 14.8. The lowest BCUT2D eigenvalue weighted by Crippen LogP contribution is -2.35. The lowest BCUT2D eigenvalue weighted by Gasteiger charge is -2.27. The zero-order valence-corrected chi connectivity index (χ0v) is 21.6. The Morgan fingerprint density at radius 3 is 2.54 bits per heavy atom. The van der Waals surface area contributed by atoms with Gasteiger partial charge in [-0.15, -0.1) is 0 Å². The molecule has 2 amide bonds. The van der Waals surface area contributed by atoms with Crippen LogP contribution in [0.4, 0.5) is 14.9 Å². The number of ketones is 1. The summed E-state index contributed by atoms with van der Waals surface area (Å²) in [6.07, 6.45) is 1.63. The maximum atomic E-state index is 14.8. The van der Waals surface area contributed by atoms with E-state index in [4.69, 9.17) is 4.74 Å². The average molecular weight is 510 g/mol. The van der Waals surface area contributed by atoms with Crippen LogP contribution in [0.15, 0.2) is 42.5 Å². The zero-order chi connectivity index (χ0) is 26.4. The fourth-order valence-electron chi connectivity index (χ4n) is 5.09. The Balaban J connectivity index is 1.27. The van der Waals surface area contributed by atoms with Crippen LogP contribution in [0, 0.1) is 11.7 Å². The summed E-state index contributed by atoms with van der Waals surface area (Å²) in [5.74, 6) is -0.0929. The van der Waals surface area contributed by atoms with Crippen molar-refractivity contribution >= 4 is 23.5 Å². The van der Waals surface area contributed by atoms with Crippen molar-refractivity contribution in [2.24, 2.45) is 5.92 Å². The van der Waals surface area contributed by atoms with Crippen LogP contribution < -0.4 is 15.5 Å². The number of hydrogen-bond acceptors (Lipinski definition) is 5. The number of nitrogens with zero attached hydrogens (tertiary/aromatic N) is 1. The van der Waals surface area contributed by atoms with E-state index >= 15 is 0 Å². The number of anilines is 1. The van der Waals surface area contributed by atoms with Gasteiger partial charge in [-0.1, -0.05) is 44.2 Å². The SMILES string of the molecule is CC(C)Cc1ccc(C(=O)CCC(=O)NCC2CN(c3cccc(F)c3C3CCNCC3)C(=O)O2)cc1. The second-order valence-corrected chi connectivity index (χ2v) is 10.3. The van der Waals surface area contributed by atoms with Gasteiger partial charge in [-0.05, 0) is 61.9 Å². The topological polar surface area (TPSA) is 87.7 Å². The minimum Gasteiger partial charge on any atom is -0.442 e. The molecule has 1 atom stereocenters. The van der Waals surface area contributed by atoms with Gasteiger partial charge in [0.2, 0.25) is 5.91 Å². The van der Waals surface area contributed by atoms with Gasteiger partial charge in [-0.2, -0.15) is 0 Å². The number of cyclic esters (lactones) is 1. The summed E-state index contributed by atoms with van der Waals surface area (Å²) in [5, 5.41) is 6.05. The summed E-state index contributed by atoms with van der Waals surface area (Å²) in [6.45, 7) is 6.28. The molecule has 4 rings (SSSR count). The van der Waals surface area contributed by atoms with Gasteiger partial charge in [-0.25, -0.2) is 9.18 Å². The van der Waals surface area contributed by atoms with Crippen molar-refractivity contribution in [2.75, 3.05) is 31.1 Å². The Morgan fingerprint density at radius 2 is 1.84 bits per heavy atom. The number of Topliss-reactive ketones (excluding diaryl/α,β-unsaturated/α-hetero) is 1. The van der Waals surface area contributed by atoms with E-state index in [1.165, 1.54) is 16.5 Å². The molecule has 2 N–H and O–H groups in total. The third-order valence-corrected chi connectivity index (χ3v) is 6.97. The average Bonchev–Trinajstić information content (AvgIpc) is 3.26. The summed E-state index contributed by atoms with van der Waals surface area (Å²) in [7, 11) is 0. The number of ether oxygens (including phenoxy) is 1. The fourth-order valence-corrected chi connectivity index (χ4v) is 5.09. The number of nitrogens with one attached hydrogen (secondary N) is 2. The summed E-state index contributed by atoms with van der Waals surface area (Å²) < 4.78 is 20.3. The van der Waals surface area contributed by atoms with Crippen LogP contribution in [0.2, 0.25) is 0 Å². The van der Waals surface area contributed by atoms with Gasteiger partial charge in [0.05, 0.1) is 18.8 Å². The Bertz CT molecular complexity index is 1110. The normalized spacial score (nSPS) is 18.2. The first kappa shape index (κ1) is 26.8. The van der Waals surface area contributed by atoms with Gasteiger partial charge < -0.3 is 15.4 Å². The predicted octanol–water partition coefficient (Wildman–Crippen LogP) is 4.60. The van der Waals surface area contributed by atoms with E-state index in [9.17, 15) is 18.8 Å². The summed E-state index contributed by atoms with van der Waals surface area (Å²) in [5.41, 5.74) is 2.88. The molecular formula is C29H36FN3O4. The molecule has 2 heterocycles. The van der Waals surface area contributed by atoms with Crippen molar-refractivity contribution in [3.8, 4) is 0 Å². The van der Waals surface area contributed by atoms with E-state index in [0.29, 0.717) is 22.7 Å². The Hall–Kier alpha value is -3.26. The molecule has 0 aromatic heterocycles. The number of carbonyl (C=O) groups is 3. The quantitative estimate of drug-likeness (QED) is 0.457. The molecule has 2 fully saturated rings. The zero-order valence-electron chi connectivity index (χ0n) is 21.6. The second kappa shape index (κ2) is 12.3. The van der Waals surface area contributed by atoms with E-state index < -0.39 is 12.2 Å². The van der Waals surface area contributed by atoms with Crippen molar-refractivity contribution in [3.05, 3.63) is 65.0 Å². The molecular weight excluding hydrogens is 473 g/mol. The van der Waals surface area contributed by atoms with Crippen LogP contribution in [0.1, 0.15) is 66.9 Å². The van der Waals surface area contributed by atoms with Crippen molar-refractivity contribution in [1.29, 1.82) is 0 Å². The molecule has 2 aromatic carbocycles. The summed E-state index contributed by atoms with van der Waals surface area (Å²) >= 11 is 0. The molecule has 0 aliphatic carbocycles. The van der Waals surface area contributed by atoms with E-state index in [-0.39, 0.29) is 49.4 Å². The van der Waals surface area contributed by atoms with Crippen molar-refractivity contribution in [2.45, 2.75) is 58.0 Å². The third-order valence-electron chi connectivity index (χ3n) is 6.97. The lowest BCUT2D eigenvalue weighted by molar-refractivity contribution is -0.121. The number of piperidine rings is 1. The van der Waals surface area contributed by atoms with Gasteiger partial charge in [0, 0.05) is 24.0 Å². The van der Waals surface area contributed by atoms with Crippen molar-refractivity contribution in [1.82, 2.24) is 10.6 Å². The largest absolute Gasteiger partial charge is 0.442 e. The first-order chi connectivity index (χ1) is 17.8. The van der Waals surface area contributed by atoms with Gasteiger partial charge in [0.1, 0.15) is 11.9 Å². The number of hydrogen-bond donors (Lipinski definition) is 2. The molecule has 0 radical (unpaired) electrons. The number of halogens is 1. The lowest BCUT2D eigenvalue weighted by atomic mass is 9.88. The van der Waals surface area contributed by atoms with Crippen molar-refractivity contribution < 1.29 is 23.5 Å². The van der Waals surface area contributed by atoms with E-state index in [0.717, 1.165) is 32.4 Å². The molecule has 2 aliphatic heterocycles. The Kier molecular flexibility index (Phi) is 8.92. The maximum Gasteiger partial charge on any atom is 0.414 e. The van der Waals surface area contributed by atoms with Gasteiger partial charge >= 0.3 is 6.09 Å². The first-order valence-electron chi connectivity index (χ1n) is 13.2. The molecule has 1 unspecified atom stereocenters. The van der Waals surface area contributed by atoms with Crippen LogP contribution in [-0.2, 0) is 16.0 Å². The highest BCUT2D eigenvalue weighted by Gasteiger charge is 2.35. The van der Waals surface area contributed by atoms with Crippen LogP contribution in [0.3, 0.4) is 0 Å². The smallest absolute Gasteiger partial charge is 0.414 e. The first-order valence-corrected chi connectivity index (χ1v) is 13.2. The minimum absolute atomic E-state index is 0.0351.